The molecule has 1 N–H and O–H groups in total. The number of H-pyrrole nitrogens is 1. The van der Waals surface area contributed by atoms with Crippen molar-refractivity contribution < 1.29 is 23.9 Å². The second-order valence-corrected chi connectivity index (χ2v) is 7.36. The van der Waals surface area contributed by atoms with Crippen molar-refractivity contribution in [2.45, 2.75) is 26.4 Å². The predicted molar refractivity (Wildman–Crippen MR) is 120 cm³/mol. The summed E-state index contributed by atoms with van der Waals surface area (Å²) in [6.45, 7) is 3.42. The number of nitro benzene ring substituents is 1. The number of ether oxygens (including phenoxy) is 3. The maximum absolute atomic E-state index is 13.6. The van der Waals surface area contributed by atoms with E-state index in [1.54, 1.807) is 38.1 Å². The van der Waals surface area contributed by atoms with Gasteiger partial charge in [-0.05, 0) is 26.0 Å². The van der Waals surface area contributed by atoms with Crippen molar-refractivity contribution in [3.63, 3.8) is 0 Å². The number of nitro groups is 1. The molecule has 0 aliphatic carbocycles. The Morgan fingerprint density at radius 1 is 1.15 bits per heavy atom. The maximum atomic E-state index is 13.6. The molecule has 0 aliphatic rings. The Labute approximate surface area is 189 Å². The van der Waals surface area contributed by atoms with E-state index in [4.69, 9.17) is 14.2 Å². The zero-order chi connectivity index (χ0) is 24.3. The Hall–Kier alpha value is -4.15. The van der Waals surface area contributed by atoms with Gasteiger partial charge in [0.25, 0.3) is 11.5 Å². The fourth-order valence-electron chi connectivity index (χ4n) is 3.50. The zero-order valence-electron chi connectivity index (χ0n) is 18.9. The average molecular weight is 456 g/mol. The number of aromatic amines is 1. The van der Waals surface area contributed by atoms with E-state index in [2.05, 4.69) is 9.97 Å². The lowest BCUT2D eigenvalue weighted by Gasteiger charge is -2.27. The van der Waals surface area contributed by atoms with Crippen LogP contribution in [0.3, 0.4) is 0 Å². The van der Waals surface area contributed by atoms with Gasteiger partial charge in [-0.3, -0.25) is 19.7 Å². The summed E-state index contributed by atoms with van der Waals surface area (Å²) in [5.74, 6) is -0.544. The molecule has 1 aromatic heterocycles. The highest BCUT2D eigenvalue weighted by atomic mass is 16.6. The van der Waals surface area contributed by atoms with Gasteiger partial charge in [0.2, 0.25) is 11.5 Å². The summed E-state index contributed by atoms with van der Waals surface area (Å²) in [5.41, 5.74) is -0.659. The molecule has 0 unspecified atom stereocenters. The maximum Gasteiger partial charge on any atom is 0.327 e. The summed E-state index contributed by atoms with van der Waals surface area (Å²) >= 11 is 0. The minimum absolute atomic E-state index is 0.000118. The number of aromatic nitrogens is 2. The third kappa shape index (κ3) is 4.43. The third-order valence-corrected chi connectivity index (χ3v) is 5.08. The van der Waals surface area contributed by atoms with Crippen LogP contribution in [0.15, 0.2) is 35.1 Å². The van der Waals surface area contributed by atoms with Gasteiger partial charge in [-0.15, -0.1) is 0 Å². The monoisotopic (exact) mass is 456 g/mol. The summed E-state index contributed by atoms with van der Waals surface area (Å²) in [6, 6.07) is 7.69. The molecule has 3 aromatic rings. The molecule has 174 valence electrons. The van der Waals surface area contributed by atoms with Crippen molar-refractivity contribution in [2.24, 2.45) is 0 Å². The van der Waals surface area contributed by atoms with E-state index in [1.165, 1.54) is 32.3 Å². The lowest BCUT2D eigenvalue weighted by atomic mass is 10.1. The smallest absolute Gasteiger partial charge is 0.327 e. The highest BCUT2D eigenvalue weighted by Crippen LogP contribution is 2.46. The van der Waals surface area contributed by atoms with Crippen LogP contribution in [0.25, 0.3) is 10.9 Å². The number of carbonyl (C=O) groups is 1. The molecular weight excluding hydrogens is 432 g/mol. The highest BCUT2D eigenvalue weighted by molar-refractivity contribution is 6.00. The molecule has 33 heavy (non-hydrogen) atoms. The van der Waals surface area contributed by atoms with Crippen molar-refractivity contribution in [2.75, 3.05) is 21.3 Å². The number of hydrogen-bond acceptors (Lipinski definition) is 8. The average Bonchev–Trinajstić information content (AvgIpc) is 2.80. The molecular formula is C22H24N4O7. The number of rotatable bonds is 8. The van der Waals surface area contributed by atoms with E-state index in [1.807, 2.05) is 0 Å². The number of amides is 1. The molecule has 0 saturated heterocycles. The van der Waals surface area contributed by atoms with Crippen molar-refractivity contribution >= 4 is 22.5 Å². The van der Waals surface area contributed by atoms with Crippen molar-refractivity contribution in [3.05, 3.63) is 62.2 Å². The first kappa shape index (κ1) is 23.5. The number of benzene rings is 2. The van der Waals surface area contributed by atoms with E-state index in [0.717, 1.165) is 0 Å². The largest absolute Gasteiger partial charge is 0.493 e. The van der Waals surface area contributed by atoms with Gasteiger partial charge in [-0.25, -0.2) is 4.98 Å². The molecule has 11 nitrogen and oxygen atoms in total. The summed E-state index contributed by atoms with van der Waals surface area (Å²) in [7, 11) is 3.90. The first-order chi connectivity index (χ1) is 15.7. The molecule has 1 heterocycles. The molecule has 11 heteroatoms. The van der Waals surface area contributed by atoms with Gasteiger partial charge < -0.3 is 24.1 Å². The van der Waals surface area contributed by atoms with Crippen LogP contribution in [0, 0.1) is 10.1 Å². The molecule has 0 bridgehead atoms. The summed E-state index contributed by atoms with van der Waals surface area (Å²) < 4.78 is 15.7. The molecule has 0 aliphatic heterocycles. The van der Waals surface area contributed by atoms with Gasteiger partial charge in [-0.1, -0.05) is 12.1 Å². The molecule has 0 fully saturated rings. The van der Waals surface area contributed by atoms with Crippen molar-refractivity contribution in [1.29, 1.82) is 0 Å². The Morgan fingerprint density at radius 2 is 1.82 bits per heavy atom. The third-order valence-electron chi connectivity index (χ3n) is 5.08. The Kier molecular flexibility index (Phi) is 6.80. The first-order valence-electron chi connectivity index (χ1n) is 9.99. The summed E-state index contributed by atoms with van der Waals surface area (Å²) in [6.07, 6.45) is 0. The number of para-hydroxylation sites is 1. The lowest BCUT2D eigenvalue weighted by molar-refractivity contribution is -0.386. The number of fused-ring (bicyclic) bond motifs is 1. The SMILES string of the molecule is COc1cc(C(=O)N(Cc2nc3ccccc3c(=O)[nH]2)C(C)C)c([N+](=O)[O-])c(OC)c1OC. The van der Waals surface area contributed by atoms with Gasteiger partial charge in [0.1, 0.15) is 11.4 Å². The lowest BCUT2D eigenvalue weighted by Crippen LogP contribution is -2.37. The molecule has 0 saturated carbocycles. The van der Waals surface area contributed by atoms with E-state index >= 15 is 0 Å². The van der Waals surface area contributed by atoms with E-state index in [0.29, 0.717) is 10.9 Å². The zero-order valence-corrected chi connectivity index (χ0v) is 18.9. The normalized spacial score (nSPS) is 10.8. The van der Waals surface area contributed by atoms with Gasteiger partial charge in [-0.2, -0.15) is 0 Å². The topological polar surface area (TPSA) is 137 Å². The quantitative estimate of drug-likeness (QED) is 0.403. The van der Waals surface area contributed by atoms with Crippen LogP contribution in [-0.4, -0.2) is 53.1 Å². The van der Waals surface area contributed by atoms with Crippen LogP contribution in [-0.2, 0) is 6.54 Å². The van der Waals surface area contributed by atoms with Crippen LogP contribution in [0.5, 0.6) is 17.2 Å². The number of carbonyl (C=O) groups excluding carboxylic acids is 1. The fraction of sp³-hybridized carbons (Fsp3) is 0.318. The Bertz CT molecular complexity index is 1270. The summed E-state index contributed by atoms with van der Waals surface area (Å²) in [4.78, 5) is 45.7. The van der Waals surface area contributed by atoms with E-state index < -0.39 is 16.5 Å². The van der Waals surface area contributed by atoms with Crippen LogP contribution < -0.4 is 19.8 Å². The van der Waals surface area contributed by atoms with Gasteiger partial charge in [0, 0.05) is 12.1 Å². The minimum atomic E-state index is -0.706. The second-order valence-electron chi connectivity index (χ2n) is 7.36. The molecule has 0 radical (unpaired) electrons. The van der Waals surface area contributed by atoms with Crippen LogP contribution in [0.1, 0.15) is 30.0 Å². The fourth-order valence-corrected chi connectivity index (χ4v) is 3.50. The minimum Gasteiger partial charge on any atom is -0.493 e. The molecule has 1 amide bonds. The number of nitrogens with one attached hydrogen (secondary N) is 1. The number of methoxy groups -OCH3 is 3. The second kappa shape index (κ2) is 9.55. The Morgan fingerprint density at radius 3 is 2.39 bits per heavy atom. The molecule has 0 atom stereocenters. The standard InChI is InChI=1S/C22H24N4O7/c1-12(2)25(11-17-23-15-9-7-6-8-13(15)21(27)24-17)22(28)14-10-16(31-3)19(32-4)20(33-5)18(14)26(29)30/h6-10,12H,11H2,1-5H3,(H,23,24,27). The van der Waals surface area contributed by atoms with Gasteiger partial charge >= 0.3 is 5.69 Å². The van der Waals surface area contributed by atoms with Crippen LogP contribution >= 0.6 is 0 Å². The van der Waals surface area contributed by atoms with Crippen molar-refractivity contribution in [3.8, 4) is 17.2 Å². The van der Waals surface area contributed by atoms with E-state index in [-0.39, 0.29) is 46.8 Å². The van der Waals surface area contributed by atoms with Gasteiger partial charge in [0.05, 0.1) is 43.7 Å². The predicted octanol–water partition coefficient (Wildman–Crippen LogP) is 2.91. The molecule has 2 aromatic carbocycles. The van der Waals surface area contributed by atoms with Crippen LogP contribution in [0.2, 0.25) is 0 Å². The number of hydrogen-bond donors (Lipinski definition) is 1. The first-order valence-corrected chi connectivity index (χ1v) is 9.99. The van der Waals surface area contributed by atoms with E-state index in [9.17, 15) is 19.7 Å². The summed E-state index contributed by atoms with van der Waals surface area (Å²) in [5, 5.41) is 12.3. The van der Waals surface area contributed by atoms with Crippen molar-refractivity contribution in [1.82, 2.24) is 14.9 Å². The highest BCUT2D eigenvalue weighted by Gasteiger charge is 2.35. The molecule has 3 rings (SSSR count). The van der Waals surface area contributed by atoms with Gasteiger partial charge in [0.15, 0.2) is 5.75 Å². The Balaban J connectivity index is 2.13. The number of nitrogens with zero attached hydrogens (tertiary/aromatic N) is 3. The van der Waals surface area contributed by atoms with Crippen LogP contribution in [0.4, 0.5) is 5.69 Å². The molecule has 0 spiro atoms.